The van der Waals surface area contributed by atoms with Gasteiger partial charge in [0.05, 0.1) is 18.1 Å². The predicted molar refractivity (Wildman–Crippen MR) is 85.4 cm³/mol. The molecule has 23 heavy (non-hydrogen) atoms. The Morgan fingerprint density at radius 1 is 1.26 bits per heavy atom. The van der Waals surface area contributed by atoms with Crippen LogP contribution in [0.3, 0.4) is 0 Å². The van der Waals surface area contributed by atoms with E-state index in [-0.39, 0.29) is 35.5 Å². The zero-order valence-corrected chi connectivity index (χ0v) is 13.5. The monoisotopic (exact) mass is 322 g/mol. The highest BCUT2D eigenvalue weighted by Gasteiger charge is 2.28. The molecule has 0 radical (unpaired) electrons. The van der Waals surface area contributed by atoms with Crippen molar-refractivity contribution >= 4 is 11.5 Å². The topological polar surface area (TPSA) is 90.7 Å². The number of nitrogens with zero attached hydrogens (tertiary/aromatic N) is 1. The quantitative estimate of drug-likeness (QED) is 0.471. The number of ether oxygens (including phenoxy) is 2. The normalized spacial score (nSPS) is 15.2. The molecule has 0 spiro atoms. The van der Waals surface area contributed by atoms with Crippen LogP contribution in [-0.2, 0) is 0 Å². The SMILES string of the molecule is CCOc1cc(C(=O)C2CCNCC2)cc([N+](=O)[O-])c1OCC. The molecule has 1 aromatic carbocycles. The maximum absolute atomic E-state index is 12.7. The fourth-order valence-corrected chi connectivity index (χ4v) is 2.74. The van der Waals surface area contributed by atoms with Gasteiger partial charge in [0.2, 0.25) is 5.75 Å². The molecule has 1 N–H and O–H groups in total. The number of hydrogen-bond donors (Lipinski definition) is 1. The molecule has 1 saturated heterocycles. The second-order valence-corrected chi connectivity index (χ2v) is 5.33. The molecule has 1 aromatic rings. The maximum atomic E-state index is 12.7. The van der Waals surface area contributed by atoms with Gasteiger partial charge >= 0.3 is 5.69 Å². The van der Waals surface area contributed by atoms with Gasteiger partial charge in [0, 0.05) is 17.5 Å². The summed E-state index contributed by atoms with van der Waals surface area (Å²) in [7, 11) is 0. The molecular weight excluding hydrogens is 300 g/mol. The number of ketones is 1. The minimum absolute atomic E-state index is 0.0707. The van der Waals surface area contributed by atoms with E-state index in [4.69, 9.17) is 9.47 Å². The number of carbonyl (C=O) groups is 1. The summed E-state index contributed by atoms with van der Waals surface area (Å²) in [6, 6.07) is 2.86. The summed E-state index contributed by atoms with van der Waals surface area (Å²) >= 11 is 0. The number of carbonyl (C=O) groups excluding carboxylic acids is 1. The summed E-state index contributed by atoms with van der Waals surface area (Å²) in [5.41, 5.74) is 0.0885. The van der Waals surface area contributed by atoms with Gasteiger partial charge in [-0.15, -0.1) is 0 Å². The van der Waals surface area contributed by atoms with E-state index in [2.05, 4.69) is 5.32 Å². The molecule has 0 aromatic heterocycles. The van der Waals surface area contributed by atoms with Gasteiger partial charge in [0.25, 0.3) is 0 Å². The molecule has 7 nitrogen and oxygen atoms in total. The van der Waals surface area contributed by atoms with Crippen molar-refractivity contribution in [1.29, 1.82) is 0 Å². The van der Waals surface area contributed by atoms with Crippen molar-refractivity contribution in [2.75, 3.05) is 26.3 Å². The Kier molecular flexibility index (Phi) is 5.92. The first-order chi connectivity index (χ1) is 11.1. The van der Waals surface area contributed by atoms with Gasteiger partial charge in [-0.1, -0.05) is 0 Å². The largest absolute Gasteiger partial charge is 0.490 e. The molecule has 0 amide bonds. The number of hydrogen-bond acceptors (Lipinski definition) is 6. The smallest absolute Gasteiger partial charge is 0.315 e. The van der Waals surface area contributed by atoms with Crippen molar-refractivity contribution in [3.63, 3.8) is 0 Å². The number of nitrogens with one attached hydrogen (secondary N) is 1. The summed E-state index contributed by atoms with van der Waals surface area (Å²) < 4.78 is 10.8. The lowest BCUT2D eigenvalue weighted by Crippen LogP contribution is -2.31. The first-order valence-electron chi connectivity index (χ1n) is 7.91. The fraction of sp³-hybridized carbons (Fsp3) is 0.562. The average Bonchev–Trinajstić information content (AvgIpc) is 2.56. The molecule has 1 fully saturated rings. The first kappa shape index (κ1) is 17.2. The van der Waals surface area contributed by atoms with Gasteiger partial charge in [-0.2, -0.15) is 0 Å². The van der Waals surface area contributed by atoms with Crippen LogP contribution in [0, 0.1) is 16.0 Å². The van der Waals surface area contributed by atoms with Crippen molar-refractivity contribution in [3.05, 3.63) is 27.8 Å². The van der Waals surface area contributed by atoms with Crippen LogP contribution in [0.1, 0.15) is 37.0 Å². The third kappa shape index (κ3) is 3.98. The van der Waals surface area contributed by atoms with Crippen molar-refractivity contribution in [1.82, 2.24) is 5.32 Å². The highest BCUT2D eigenvalue weighted by Crippen LogP contribution is 2.39. The van der Waals surface area contributed by atoms with Gasteiger partial charge in [-0.05, 0) is 45.8 Å². The lowest BCUT2D eigenvalue weighted by Gasteiger charge is -2.22. The summed E-state index contributed by atoms with van der Waals surface area (Å²) in [4.78, 5) is 23.5. The van der Waals surface area contributed by atoms with Gasteiger partial charge in [0.15, 0.2) is 11.5 Å². The molecule has 2 rings (SSSR count). The van der Waals surface area contributed by atoms with Gasteiger partial charge < -0.3 is 14.8 Å². The molecule has 0 atom stereocenters. The lowest BCUT2D eigenvalue weighted by molar-refractivity contribution is -0.386. The molecule has 0 aliphatic carbocycles. The minimum atomic E-state index is -0.535. The van der Waals surface area contributed by atoms with E-state index < -0.39 is 4.92 Å². The Labute approximate surface area is 135 Å². The number of nitro benzene ring substituents is 1. The summed E-state index contributed by atoms with van der Waals surface area (Å²) in [6.45, 7) is 5.71. The third-order valence-corrected chi connectivity index (χ3v) is 3.81. The second-order valence-electron chi connectivity index (χ2n) is 5.33. The van der Waals surface area contributed by atoms with Crippen LogP contribution in [0.5, 0.6) is 11.5 Å². The summed E-state index contributed by atoms with van der Waals surface area (Å²) in [5.74, 6) is 0.156. The molecule has 7 heteroatoms. The van der Waals surface area contributed by atoms with Crippen LogP contribution in [0.2, 0.25) is 0 Å². The molecular formula is C16H22N2O5. The molecule has 1 aliphatic heterocycles. The molecule has 1 heterocycles. The Hall–Kier alpha value is -2.15. The van der Waals surface area contributed by atoms with E-state index in [0.29, 0.717) is 12.2 Å². The number of rotatable bonds is 7. The molecule has 126 valence electrons. The van der Waals surface area contributed by atoms with Gasteiger partial charge in [-0.3, -0.25) is 14.9 Å². The number of Topliss-reactive ketones (excluding diaryl/α,β-unsaturated/α-hetero) is 1. The van der Waals surface area contributed by atoms with E-state index >= 15 is 0 Å². The lowest BCUT2D eigenvalue weighted by atomic mass is 9.89. The van der Waals surface area contributed by atoms with Crippen LogP contribution in [-0.4, -0.2) is 37.0 Å². The second kappa shape index (κ2) is 7.92. The van der Waals surface area contributed by atoms with E-state index in [9.17, 15) is 14.9 Å². The predicted octanol–water partition coefficient (Wildman–Crippen LogP) is 2.57. The zero-order chi connectivity index (χ0) is 16.8. The first-order valence-corrected chi connectivity index (χ1v) is 7.91. The molecule has 0 unspecified atom stereocenters. The van der Waals surface area contributed by atoms with Crippen LogP contribution in [0.25, 0.3) is 0 Å². The van der Waals surface area contributed by atoms with Crippen LogP contribution in [0.4, 0.5) is 5.69 Å². The highest BCUT2D eigenvalue weighted by molar-refractivity contribution is 5.99. The van der Waals surface area contributed by atoms with Gasteiger partial charge in [-0.25, -0.2) is 0 Å². The fourth-order valence-electron chi connectivity index (χ4n) is 2.74. The standard InChI is InChI=1S/C16H22N2O5/c1-3-22-14-10-12(15(19)11-5-7-17-8-6-11)9-13(18(20)21)16(14)23-4-2/h9-11,17H,3-8H2,1-2H3. The van der Waals surface area contributed by atoms with E-state index in [1.165, 1.54) is 6.07 Å². The number of nitro groups is 1. The van der Waals surface area contributed by atoms with Crippen molar-refractivity contribution in [3.8, 4) is 11.5 Å². The third-order valence-electron chi connectivity index (χ3n) is 3.81. The van der Waals surface area contributed by atoms with Gasteiger partial charge in [0.1, 0.15) is 0 Å². The zero-order valence-electron chi connectivity index (χ0n) is 13.5. The Morgan fingerprint density at radius 3 is 2.48 bits per heavy atom. The summed E-state index contributed by atoms with van der Waals surface area (Å²) in [5, 5.41) is 14.6. The minimum Gasteiger partial charge on any atom is -0.490 e. The Balaban J connectivity index is 2.42. The van der Waals surface area contributed by atoms with E-state index in [0.717, 1.165) is 25.9 Å². The summed E-state index contributed by atoms with van der Waals surface area (Å²) in [6.07, 6.45) is 1.48. The van der Waals surface area contributed by atoms with Crippen LogP contribution >= 0.6 is 0 Å². The van der Waals surface area contributed by atoms with Crippen LogP contribution < -0.4 is 14.8 Å². The maximum Gasteiger partial charge on any atom is 0.315 e. The van der Waals surface area contributed by atoms with Crippen molar-refractivity contribution in [2.45, 2.75) is 26.7 Å². The Bertz CT molecular complexity index is 582. The van der Waals surface area contributed by atoms with E-state index in [1.807, 2.05) is 0 Å². The highest BCUT2D eigenvalue weighted by atomic mass is 16.6. The average molecular weight is 322 g/mol. The molecule has 0 bridgehead atoms. The van der Waals surface area contributed by atoms with E-state index in [1.54, 1.807) is 19.9 Å². The number of benzene rings is 1. The number of piperidine rings is 1. The van der Waals surface area contributed by atoms with Crippen molar-refractivity contribution in [2.24, 2.45) is 5.92 Å². The Morgan fingerprint density at radius 2 is 1.91 bits per heavy atom. The molecule has 0 saturated carbocycles. The van der Waals surface area contributed by atoms with Crippen LogP contribution in [0.15, 0.2) is 12.1 Å². The van der Waals surface area contributed by atoms with Crippen molar-refractivity contribution < 1.29 is 19.2 Å². The molecule has 1 aliphatic rings.